The molecule has 0 radical (unpaired) electrons. The Morgan fingerprint density at radius 3 is 2.76 bits per heavy atom. The van der Waals surface area contributed by atoms with Gasteiger partial charge in [-0.25, -0.2) is 4.39 Å². The van der Waals surface area contributed by atoms with Crippen LogP contribution in [0.4, 0.5) is 10.2 Å². The van der Waals surface area contributed by atoms with E-state index in [1.54, 1.807) is 11.0 Å². The summed E-state index contributed by atoms with van der Waals surface area (Å²) in [6.07, 6.45) is 2.78. The summed E-state index contributed by atoms with van der Waals surface area (Å²) in [5.74, 6) is -0.302. The zero-order valence-electron chi connectivity index (χ0n) is 22.6. The van der Waals surface area contributed by atoms with Crippen molar-refractivity contribution < 1.29 is 23.4 Å². The molecular formula is C27H27Cl2FN8O4. The number of ether oxygens (including phenoxy) is 3. The van der Waals surface area contributed by atoms with Crippen LogP contribution < -0.4 is 14.4 Å². The molecule has 5 heterocycles. The minimum absolute atomic E-state index is 0.00879. The van der Waals surface area contributed by atoms with E-state index in [9.17, 15) is 9.18 Å². The second kappa shape index (κ2) is 11.8. The molecule has 12 nitrogen and oxygen atoms in total. The van der Waals surface area contributed by atoms with Crippen molar-refractivity contribution in [2.24, 2.45) is 0 Å². The number of pyridine rings is 1. The SMILES string of the molecule is C=CC(=O)N1CCN(c2nc(OCC3COCCN3C)nc3c(Oc4c(Cl)c(F)cc5[nH]ncc45)nc(Cl)cc23)CC1. The summed E-state index contributed by atoms with van der Waals surface area (Å²) in [7, 11) is 2.00. The van der Waals surface area contributed by atoms with E-state index in [1.165, 1.54) is 18.3 Å². The van der Waals surface area contributed by atoms with Crippen LogP contribution in [0.1, 0.15) is 0 Å². The number of hydrogen-bond acceptors (Lipinski definition) is 10. The second-order valence-corrected chi connectivity index (χ2v) is 10.7. The molecule has 0 bridgehead atoms. The number of likely N-dealkylation sites (N-methyl/N-ethyl adjacent to an activating group) is 1. The minimum Gasteiger partial charge on any atom is -0.462 e. The molecular weight excluding hydrogens is 590 g/mol. The summed E-state index contributed by atoms with van der Waals surface area (Å²) in [5.41, 5.74) is 0.678. The Morgan fingerprint density at radius 1 is 1.19 bits per heavy atom. The number of H-pyrrole nitrogens is 1. The Balaban J connectivity index is 1.42. The van der Waals surface area contributed by atoms with E-state index in [2.05, 4.69) is 31.6 Å². The van der Waals surface area contributed by atoms with Crippen LogP contribution in [0.25, 0.3) is 21.8 Å². The lowest BCUT2D eigenvalue weighted by atomic mass is 10.2. The molecule has 0 aliphatic carbocycles. The van der Waals surface area contributed by atoms with Gasteiger partial charge in [0.2, 0.25) is 11.8 Å². The van der Waals surface area contributed by atoms with E-state index >= 15 is 0 Å². The van der Waals surface area contributed by atoms with Crippen molar-refractivity contribution in [1.82, 2.24) is 34.9 Å². The van der Waals surface area contributed by atoms with E-state index in [4.69, 9.17) is 42.4 Å². The Bertz CT molecular complexity index is 1660. The Kier molecular flexibility index (Phi) is 7.99. The maximum Gasteiger partial charge on any atom is 0.319 e. The third kappa shape index (κ3) is 5.52. The molecule has 2 aliphatic heterocycles. The first-order valence-corrected chi connectivity index (χ1v) is 14.0. The summed E-state index contributed by atoms with van der Waals surface area (Å²) < 4.78 is 32.5. The van der Waals surface area contributed by atoms with Crippen molar-refractivity contribution in [2.45, 2.75) is 6.04 Å². The number of nitrogens with zero attached hydrogens (tertiary/aromatic N) is 7. The normalized spacial score (nSPS) is 18.0. The van der Waals surface area contributed by atoms with Gasteiger partial charge in [0.05, 0.1) is 41.7 Å². The number of morpholine rings is 1. The average molecular weight is 617 g/mol. The van der Waals surface area contributed by atoms with Gasteiger partial charge in [-0.2, -0.15) is 20.1 Å². The van der Waals surface area contributed by atoms with Gasteiger partial charge in [0.15, 0.2) is 5.75 Å². The van der Waals surface area contributed by atoms with Gasteiger partial charge in [-0.15, -0.1) is 0 Å². The van der Waals surface area contributed by atoms with Crippen molar-refractivity contribution in [3.63, 3.8) is 0 Å². The largest absolute Gasteiger partial charge is 0.462 e. The van der Waals surface area contributed by atoms with E-state index in [0.29, 0.717) is 61.5 Å². The van der Waals surface area contributed by atoms with Crippen LogP contribution in [-0.4, -0.2) is 106 Å². The second-order valence-electron chi connectivity index (χ2n) is 9.95. The molecule has 1 atom stereocenters. The molecule has 2 saturated heterocycles. The molecule has 1 amide bonds. The lowest BCUT2D eigenvalue weighted by Gasteiger charge is -2.35. The summed E-state index contributed by atoms with van der Waals surface area (Å²) >= 11 is 12.8. The summed E-state index contributed by atoms with van der Waals surface area (Å²) in [4.78, 5) is 31.8. The molecule has 2 aliphatic rings. The molecule has 42 heavy (non-hydrogen) atoms. The lowest BCUT2D eigenvalue weighted by Crippen LogP contribution is -2.48. The first-order valence-electron chi connectivity index (χ1n) is 13.3. The van der Waals surface area contributed by atoms with Crippen LogP contribution in [0, 0.1) is 5.82 Å². The smallest absolute Gasteiger partial charge is 0.319 e. The van der Waals surface area contributed by atoms with Crippen molar-refractivity contribution in [3.8, 4) is 17.6 Å². The van der Waals surface area contributed by atoms with Crippen LogP contribution in [0.3, 0.4) is 0 Å². The molecule has 220 valence electrons. The number of hydrogen-bond donors (Lipinski definition) is 1. The summed E-state index contributed by atoms with van der Waals surface area (Å²) in [5, 5.41) is 7.54. The standard InChI is InChI=1S/C27H27Cl2FN8O4/c1-3-21(39)37-4-6-38(7-5-37)25-16-10-20(28)32-26(42-24-17-12-31-35-19(17)11-18(30)22(24)29)23(16)33-27(34-25)41-14-15-13-40-9-8-36(15)2/h3,10-12,15H,1,4-9,13-14H2,2H3,(H,31,35). The predicted molar refractivity (Wildman–Crippen MR) is 155 cm³/mol. The highest BCUT2D eigenvalue weighted by Crippen LogP contribution is 2.41. The fourth-order valence-corrected chi connectivity index (χ4v) is 5.34. The fraction of sp³-hybridized carbons (Fsp3) is 0.370. The van der Waals surface area contributed by atoms with Gasteiger partial charge < -0.3 is 24.0 Å². The maximum absolute atomic E-state index is 14.7. The van der Waals surface area contributed by atoms with E-state index in [-0.39, 0.29) is 51.9 Å². The lowest BCUT2D eigenvalue weighted by molar-refractivity contribution is -0.126. The topological polar surface area (TPSA) is 122 Å². The van der Waals surface area contributed by atoms with Crippen molar-refractivity contribution in [3.05, 3.63) is 47.0 Å². The number of aromatic amines is 1. The third-order valence-corrected chi connectivity index (χ3v) is 7.91. The zero-order valence-corrected chi connectivity index (χ0v) is 24.2. The number of rotatable bonds is 7. The van der Waals surface area contributed by atoms with Crippen molar-refractivity contribution in [1.29, 1.82) is 0 Å². The van der Waals surface area contributed by atoms with Crippen LogP contribution in [0.5, 0.6) is 17.6 Å². The Labute approximate surface area is 250 Å². The average Bonchev–Trinajstić information content (AvgIpc) is 3.46. The van der Waals surface area contributed by atoms with Gasteiger partial charge in [0.25, 0.3) is 0 Å². The van der Waals surface area contributed by atoms with Gasteiger partial charge in [-0.3, -0.25) is 14.8 Å². The molecule has 3 aromatic heterocycles. The van der Waals surface area contributed by atoms with Gasteiger partial charge >= 0.3 is 6.01 Å². The molecule has 6 rings (SSSR count). The highest BCUT2D eigenvalue weighted by atomic mass is 35.5. The number of benzene rings is 1. The minimum atomic E-state index is -0.695. The first-order chi connectivity index (χ1) is 20.3. The van der Waals surface area contributed by atoms with Gasteiger partial charge in [-0.1, -0.05) is 29.8 Å². The van der Waals surface area contributed by atoms with Crippen LogP contribution >= 0.6 is 23.2 Å². The van der Waals surface area contributed by atoms with E-state index in [1.807, 2.05) is 11.9 Å². The molecule has 0 saturated carbocycles. The number of amides is 1. The summed E-state index contributed by atoms with van der Waals surface area (Å²) in [6, 6.07) is 2.96. The summed E-state index contributed by atoms with van der Waals surface area (Å²) in [6.45, 7) is 7.74. The number of nitrogens with one attached hydrogen (secondary N) is 1. The monoisotopic (exact) mass is 616 g/mol. The third-order valence-electron chi connectivity index (χ3n) is 7.36. The number of halogens is 3. The van der Waals surface area contributed by atoms with E-state index in [0.717, 1.165) is 6.54 Å². The molecule has 4 aromatic rings. The fourth-order valence-electron chi connectivity index (χ4n) is 4.96. The van der Waals surface area contributed by atoms with Crippen molar-refractivity contribution >= 4 is 56.7 Å². The van der Waals surface area contributed by atoms with Gasteiger partial charge in [0, 0.05) is 38.8 Å². The molecule has 0 spiro atoms. The highest BCUT2D eigenvalue weighted by molar-refractivity contribution is 6.33. The van der Waals surface area contributed by atoms with E-state index < -0.39 is 5.82 Å². The molecule has 15 heteroatoms. The molecule has 1 aromatic carbocycles. The first kappa shape index (κ1) is 28.3. The van der Waals surface area contributed by atoms with Gasteiger partial charge in [-0.05, 0) is 19.2 Å². The number of anilines is 1. The molecule has 1 unspecified atom stereocenters. The Morgan fingerprint density at radius 2 is 2.00 bits per heavy atom. The molecule has 2 fully saturated rings. The predicted octanol–water partition coefficient (Wildman–Crippen LogP) is 3.68. The number of carbonyl (C=O) groups excluding carboxylic acids is 1. The highest BCUT2D eigenvalue weighted by Gasteiger charge is 2.27. The van der Waals surface area contributed by atoms with Crippen LogP contribution in [0.15, 0.2) is 31.0 Å². The quantitative estimate of drug-likeness (QED) is 0.243. The van der Waals surface area contributed by atoms with Crippen LogP contribution in [0.2, 0.25) is 10.2 Å². The zero-order chi connectivity index (χ0) is 29.4. The number of carbonyl (C=O) groups is 1. The van der Waals surface area contributed by atoms with Crippen LogP contribution in [-0.2, 0) is 9.53 Å². The molecule has 1 N–H and O–H groups in total. The number of piperazine rings is 1. The number of aromatic nitrogens is 5. The van der Waals surface area contributed by atoms with Gasteiger partial charge in [0.1, 0.15) is 33.9 Å². The van der Waals surface area contributed by atoms with Crippen molar-refractivity contribution in [2.75, 3.05) is 64.5 Å². The maximum atomic E-state index is 14.7. The Hall–Kier alpha value is -3.78. The number of fused-ring (bicyclic) bond motifs is 2.